The van der Waals surface area contributed by atoms with Gasteiger partial charge in [-0.05, 0) is 26.0 Å². The standard InChI is InChI=1S/C10H15N3/c1-3-13(4-2)10(11)9-5-7-12-8-6-9/h5-8,11H,3-4H2,1-2H3. The van der Waals surface area contributed by atoms with Crippen LogP contribution in [0.15, 0.2) is 24.5 Å². The van der Waals surface area contributed by atoms with Gasteiger partial charge >= 0.3 is 0 Å². The zero-order chi connectivity index (χ0) is 9.68. The minimum atomic E-state index is 0.576. The molecule has 1 N–H and O–H groups in total. The fourth-order valence-corrected chi connectivity index (χ4v) is 1.23. The maximum atomic E-state index is 7.89. The van der Waals surface area contributed by atoms with Gasteiger partial charge in [0.25, 0.3) is 0 Å². The Morgan fingerprint density at radius 3 is 2.31 bits per heavy atom. The Hall–Kier alpha value is -1.38. The van der Waals surface area contributed by atoms with Crippen molar-refractivity contribution in [2.75, 3.05) is 13.1 Å². The van der Waals surface area contributed by atoms with Crippen molar-refractivity contribution in [2.24, 2.45) is 0 Å². The summed E-state index contributed by atoms with van der Waals surface area (Å²) in [5.41, 5.74) is 0.929. The van der Waals surface area contributed by atoms with Crippen LogP contribution in [0, 0.1) is 5.41 Å². The maximum Gasteiger partial charge on any atom is 0.128 e. The van der Waals surface area contributed by atoms with E-state index in [0.29, 0.717) is 5.84 Å². The van der Waals surface area contributed by atoms with Gasteiger partial charge in [-0.3, -0.25) is 10.4 Å². The predicted octanol–water partition coefficient (Wildman–Crippen LogP) is 1.75. The highest BCUT2D eigenvalue weighted by atomic mass is 15.2. The third-order valence-electron chi connectivity index (χ3n) is 2.03. The quantitative estimate of drug-likeness (QED) is 0.564. The van der Waals surface area contributed by atoms with E-state index in [4.69, 9.17) is 5.41 Å². The van der Waals surface area contributed by atoms with Crippen molar-refractivity contribution in [1.82, 2.24) is 9.88 Å². The molecular formula is C10H15N3. The summed E-state index contributed by atoms with van der Waals surface area (Å²) in [5, 5.41) is 7.89. The molecule has 0 fully saturated rings. The summed E-state index contributed by atoms with van der Waals surface area (Å²) in [7, 11) is 0. The van der Waals surface area contributed by atoms with Gasteiger partial charge in [-0.15, -0.1) is 0 Å². The average Bonchev–Trinajstić information content (AvgIpc) is 2.21. The van der Waals surface area contributed by atoms with Crippen molar-refractivity contribution in [3.8, 4) is 0 Å². The van der Waals surface area contributed by atoms with Gasteiger partial charge in [-0.1, -0.05) is 0 Å². The number of aromatic nitrogens is 1. The molecule has 0 aliphatic rings. The summed E-state index contributed by atoms with van der Waals surface area (Å²) in [4.78, 5) is 5.93. The monoisotopic (exact) mass is 177 g/mol. The number of hydrogen-bond acceptors (Lipinski definition) is 2. The Morgan fingerprint density at radius 1 is 1.31 bits per heavy atom. The summed E-state index contributed by atoms with van der Waals surface area (Å²) in [5.74, 6) is 0.576. The molecule has 1 aromatic heterocycles. The summed E-state index contributed by atoms with van der Waals surface area (Å²) in [6.45, 7) is 5.85. The van der Waals surface area contributed by atoms with E-state index in [1.54, 1.807) is 12.4 Å². The van der Waals surface area contributed by atoms with Crippen LogP contribution in [0.4, 0.5) is 0 Å². The molecule has 0 atom stereocenters. The van der Waals surface area contributed by atoms with Crippen LogP contribution in [0.25, 0.3) is 0 Å². The molecule has 0 spiro atoms. The molecule has 0 radical (unpaired) electrons. The molecule has 1 rings (SSSR count). The van der Waals surface area contributed by atoms with Crippen LogP contribution in [-0.2, 0) is 0 Å². The van der Waals surface area contributed by atoms with Gasteiger partial charge in [-0.2, -0.15) is 0 Å². The third kappa shape index (κ3) is 2.28. The molecule has 0 saturated heterocycles. The second-order valence-electron chi connectivity index (χ2n) is 2.76. The SMILES string of the molecule is CCN(CC)C(=N)c1ccncc1. The van der Waals surface area contributed by atoms with Gasteiger partial charge < -0.3 is 4.90 Å². The highest BCUT2D eigenvalue weighted by molar-refractivity contribution is 5.96. The maximum absolute atomic E-state index is 7.89. The van der Waals surface area contributed by atoms with E-state index in [2.05, 4.69) is 18.8 Å². The van der Waals surface area contributed by atoms with E-state index in [9.17, 15) is 0 Å². The topological polar surface area (TPSA) is 40.0 Å². The Bertz CT molecular complexity index is 265. The van der Waals surface area contributed by atoms with Gasteiger partial charge in [0.2, 0.25) is 0 Å². The molecule has 13 heavy (non-hydrogen) atoms. The first-order chi connectivity index (χ1) is 6.29. The molecule has 3 nitrogen and oxygen atoms in total. The number of rotatable bonds is 3. The van der Waals surface area contributed by atoms with E-state index in [0.717, 1.165) is 18.7 Å². The fourth-order valence-electron chi connectivity index (χ4n) is 1.23. The summed E-state index contributed by atoms with van der Waals surface area (Å²) >= 11 is 0. The Labute approximate surface area is 78.9 Å². The number of nitrogens with zero attached hydrogens (tertiary/aromatic N) is 2. The van der Waals surface area contributed by atoms with Crippen molar-refractivity contribution in [2.45, 2.75) is 13.8 Å². The number of pyridine rings is 1. The molecule has 1 aromatic rings. The van der Waals surface area contributed by atoms with E-state index < -0.39 is 0 Å². The zero-order valence-corrected chi connectivity index (χ0v) is 8.12. The first-order valence-electron chi connectivity index (χ1n) is 4.53. The summed E-state index contributed by atoms with van der Waals surface area (Å²) in [6.07, 6.45) is 3.43. The highest BCUT2D eigenvalue weighted by Crippen LogP contribution is 2.02. The van der Waals surface area contributed by atoms with E-state index >= 15 is 0 Å². The first kappa shape index (κ1) is 9.71. The molecule has 0 aliphatic heterocycles. The third-order valence-corrected chi connectivity index (χ3v) is 2.03. The number of hydrogen-bond donors (Lipinski definition) is 1. The van der Waals surface area contributed by atoms with Crippen molar-refractivity contribution in [3.05, 3.63) is 30.1 Å². The second kappa shape index (κ2) is 4.60. The lowest BCUT2D eigenvalue weighted by atomic mass is 10.2. The van der Waals surface area contributed by atoms with Crippen LogP contribution in [0.3, 0.4) is 0 Å². The van der Waals surface area contributed by atoms with Gasteiger partial charge in [-0.25, -0.2) is 0 Å². The second-order valence-corrected chi connectivity index (χ2v) is 2.76. The van der Waals surface area contributed by atoms with Crippen LogP contribution in [0.1, 0.15) is 19.4 Å². The molecular weight excluding hydrogens is 162 g/mol. The van der Waals surface area contributed by atoms with Gasteiger partial charge in [0.15, 0.2) is 0 Å². The van der Waals surface area contributed by atoms with Crippen LogP contribution in [0.5, 0.6) is 0 Å². The van der Waals surface area contributed by atoms with E-state index in [-0.39, 0.29) is 0 Å². The molecule has 1 heterocycles. The predicted molar refractivity (Wildman–Crippen MR) is 54.0 cm³/mol. The van der Waals surface area contributed by atoms with Gasteiger partial charge in [0.05, 0.1) is 0 Å². The lowest BCUT2D eigenvalue weighted by Gasteiger charge is -2.21. The lowest BCUT2D eigenvalue weighted by molar-refractivity contribution is 0.463. The van der Waals surface area contributed by atoms with Crippen LogP contribution < -0.4 is 0 Å². The molecule has 70 valence electrons. The minimum absolute atomic E-state index is 0.576. The number of nitrogens with one attached hydrogen (secondary N) is 1. The highest BCUT2D eigenvalue weighted by Gasteiger charge is 2.06. The normalized spacial score (nSPS) is 9.69. The Kier molecular flexibility index (Phi) is 3.43. The van der Waals surface area contributed by atoms with Crippen molar-refractivity contribution in [1.29, 1.82) is 5.41 Å². The van der Waals surface area contributed by atoms with Crippen LogP contribution in [-0.4, -0.2) is 28.8 Å². The fraction of sp³-hybridized carbons (Fsp3) is 0.400. The molecule has 0 aromatic carbocycles. The van der Waals surface area contributed by atoms with E-state index in [1.807, 2.05) is 17.0 Å². The Morgan fingerprint density at radius 2 is 1.85 bits per heavy atom. The molecule has 0 bridgehead atoms. The largest absolute Gasteiger partial charge is 0.357 e. The van der Waals surface area contributed by atoms with Crippen molar-refractivity contribution >= 4 is 5.84 Å². The van der Waals surface area contributed by atoms with Gasteiger partial charge in [0, 0.05) is 31.0 Å². The van der Waals surface area contributed by atoms with Crippen LogP contribution >= 0.6 is 0 Å². The zero-order valence-electron chi connectivity index (χ0n) is 8.12. The lowest BCUT2D eigenvalue weighted by Crippen LogP contribution is -2.30. The molecule has 0 saturated carbocycles. The van der Waals surface area contributed by atoms with Crippen molar-refractivity contribution < 1.29 is 0 Å². The smallest absolute Gasteiger partial charge is 0.128 e. The molecule has 0 unspecified atom stereocenters. The molecule has 3 heteroatoms. The first-order valence-corrected chi connectivity index (χ1v) is 4.53. The number of amidine groups is 1. The molecule has 0 aliphatic carbocycles. The minimum Gasteiger partial charge on any atom is -0.357 e. The van der Waals surface area contributed by atoms with Crippen molar-refractivity contribution in [3.63, 3.8) is 0 Å². The summed E-state index contributed by atoms with van der Waals surface area (Å²) in [6, 6.07) is 3.72. The average molecular weight is 177 g/mol. The summed E-state index contributed by atoms with van der Waals surface area (Å²) < 4.78 is 0. The van der Waals surface area contributed by atoms with E-state index in [1.165, 1.54) is 0 Å². The Balaban J connectivity index is 2.78. The van der Waals surface area contributed by atoms with Crippen LogP contribution in [0.2, 0.25) is 0 Å². The van der Waals surface area contributed by atoms with Gasteiger partial charge in [0.1, 0.15) is 5.84 Å². The molecule has 0 amide bonds.